The van der Waals surface area contributed by atoms with Crippen LogP contribution in [0.4, 0.5) is 0 Å². The van der Waals surface area contributed by atoms with Crippen molar-refractivity contribution in [3.63, 3.8) is 0 Å². The van der Waals surface area contributed by atoms with Crippen molar-refractivity contribution in [3.8, 4) is 5.75 Å². The summed E-state index contributed by atoms with van der Waals surface area (Å²) in [5, 5.41) is 2.70. The molecule has 1 amide bonds. The van der Waals surface area contributed by atoms with E-state index in [2.05, 4.69) is 10.2 Å². The second kappa shape index (κ2) is 13.7. The summed E-state index contributed by atoms with van der Waals surface area (Å²) in [5.74, 6) is 1.57. The topological polar surface area (TPSA) is 50.8 Å². The number of carbonyl (C=O) groups is 1. The van der Waals surface area contributed by atoms with Crippen LogP contribution in [0.5, 0.6) is 5.75 Å². The average Bonchev–Trinajstić information content (AvgIpc) is 2.68. The standard InChI is InChI=1S/C18H28N2O3.C2H6/c1-19-18(21)15-16-7-9-20(10-8-16)11-12-22-13-14-23-17-5-3-2-4-6-17;1-2/h2-6,16H,7-15H2,1H3,(H,19,21);1-2H3. The molecule has 1 heterocycles. The second-order valence-corrected chi connectivity index (χ2v) is 5.94. The van der Waals surface area contributed by atoms with Crippen LogP contribution < -0.4 is 10.1 Å². The van der Waals surface area contributed by atoms with E-state index in [0.717, 1.165) is 44.8 Å². The molecule has 1 aliphatic heterocycles. The minimum Gasteiger partial charge on any atom is -0.491 e. The highest BCUT2D eigenvalue weighted by atomic mass is 16.5. The van der Waals surface area contributed by atoms with E-state index in [4.69, 9.17) is 9.47 Å². The SMILES string of the molecule is CC.CNC(=O)CC1CCN(CCOCCOc2ccccc2)CC1. The molecule has 0 spiro atoms. The van der Waals surface area contributed by atoms with Gasteiger partial charge in [0.1, 0.15) is 12.4 Å². The number of piperidine rings is 1. The van der Waals surface area contributed by atoms with Gasteiger partial charge in [-0.2, -0.15) is 0 Å². The van der Waals surface area contributed by atoms with E-state index in [1.54, 1.807) is 7.05 Å². The number of nitrogens with one attached hydrogen (secondary N) is 1. The molecule has 0 saturated carbocycles. The maximum absolute atomic E-state index is 11.4. The first-order valence-corrected chi connectivity index (χ1v) is 9.46. The highest BCUT2D eigenvalue weighted by Gasteiger charge is 2.20. The zero-order valence-electron chi connectivity index (χ0n) is 16.0. The van der Waals surface area contributed by atoms with Gasteiger partial charge in [0.25, 0.3) is 0 Å². The van der Waals surface area contributed by atoms with Crippen molar-refractivity contribution >= 4 is 5.91 Å². The number of likely N-dealkylation sites (tertiary alicyclic amines) is 1. The first-order valence-electron chi connectivity index (χ1n) is 9.46. The lowest BCUT2D eigenvalue weighted by Crippen LogP contribution is -2.37. The third-order valence-electron chi connectivity index (χ3n) is 4.25. The van der Waals surface area contributed by atoms with Gasteiger partial charge in [0.15, 0.2) is 0 Å². The largest absolute Gasteiger partial charge is 0.491 e. The Morgan fingerprint density at radius 3 is 2.44 bits per heavy atom. The lowest BCUT2D eigenvalue weighted by molar-refractivity contribution is -0.121. The summed E-state index contributed by atoms with van der Waals surface area (Å²) >= 11 is 0. The third kappa shape index (κ3) is 9.46. The number of ether oxygens (including phenoxy) is 2. The Morgan fingerprint density at radius 2 is 1.80 bits per heavy atom. The van der Waals surface area contributed by atoms with Gasteiger partial charge < -0.3 is 19.7 Å². The zero-order chi connectivity index (χ0) is 18.3. The van der Waals surface area contributed by atoms with Gasteiger partial charge in [-0.3, -0.25) is 4.79 Å². The fraction of sp³-hybridized carbons (Fsp3) is 0.650. The predicted octanol–water partition coefficient (Wildman–Crippen LogP) is 2.96. The molecule has 1 saturated heterocycles. The van der Waals surface area contributed by atoms with E-state index in [-0.39, 0.29) is 5.91 Å². The third-order valence-corrected chi connectivity index (χ3v) is 4.25. The fourth-order valence-corrected chi connectivity index (χ4v) is 2.81. The van der Waals surface area contributed by atoms with Gasteiger partial charge in [0.2, 0.25) is 5.91 Å². The first kappa shape index (κ1) is 21.5. The van der Waals surface area contributed by atoms with Crippen molar-refractivity contribution in [2.24, 2.45) is 5.92 Å². The molecule has 0 radical (unpaired) electrons. The molecule has 1 N–H and O–H groups in total. The molecule has 1 fully saturated rings. The van der Waals surface area contributed by atoms with Gasteiger partial charge in [0.05, 0.1) is 13.2 Å². The number of para-hydroxylation sites is 1. The van der Waals surface area contributed by atoms with Crippen molar-refractivity contribution in [1.82, 2.24) is 10.2 Å². The van der Waals surface area contributed by atoms with Crippen molar-refractivity contribution in [2.45, 2.75) is 33.1 Å². The van der Waals surface area contributed by atoms with Crippen LogP contribution in [0.25, 0.3) is 0 Å². The molecule has 0 aliphatic carbocycles. The van der Waals surface area contributed by atoms with Gasteiger partial charge in [-0.05, 0) is 44.0 Å². The van der Waals surface area contributed by atoms with Gasteiger partial charge in [-0.25, -0.2) is 0 Å². The van der Waals surface area contributed by atoms with Crippen molar-refractivity contribution < 1.29 is 14.3 Å². The van der Waals surface area contributed by atoms with Crippen molar-refractivity contribution in [3.05, 3.63) is 30.3 Å². The summed E-state index contributed by atoms with van der Waals surface area (Å²) in [6.45, 7) is 9.01. The Labute approximate surface area is 152 Å². The maximum Gasteiger partial charge on any atom is 0.220 e. The molecule has 142 valence electrons. The van der Waals surface area contributed by atoms with E-state index < -0.39 is 0 Å². The lowest BCUT2D eigenvalue weighted by Gasteiger charge is -2.31. The second-order valence-electron chi connectivity index (χ2n) is 5.94. The van der Waals surface area contributed by atoms with Crippen LogP contribution in [-0.4, -0.2) is 57.3 Å². The highest BCUT2D eigenvalue weighted by Crippen LogP contribution is 2.20. The molecule has 0 bridgehead atoms. The van der Waals surface area contributed by atoms with Crippen LogP contribution in [0.1, 0.15) is 33.1 Å². The molecular formula is C20H34N2O3. The number of benzene rings is 1. The molecule has 5 nitrogen and oxygen atoms in total. The van der Waals surface area contributed by atoms with Crippen molar-refractivity contribution in [2.75, 3.05) is 46.5 Å². The molecule has 2 rings (SSSR count). The normalized spacial score (nSPS) is 15.2. The molecule has 5 heteroatoms. The van der Waals surface area contributed by atoms with Crippen LogP contribution in [0.2, 0.25) is 0 Å². The van der Waals surface area contributed by atoms with E-state index in [1.807, 2.05) is 44.2 Å². The molecule has 0 unspecified atom stereocenters. The van der Waals surface area contributed by atoms with Crippen LogP contribution in [0.15, 0.2) is 30.3 Å². The summed E-state index contributed by atoms with van der Waals surface area (Å²) < 4.78 is 11.2. The smallest absolute Gasteiger partial charge is 0.220 e. The maximum atomic E-state index is 11.4. The Bertz CT molecular complexity index is 446. The Hall–Kier alpha value is -1.59. The summed E-state index contributed by atoms with van der Waals surface area (Å²) in [7, 11) is 1.70. The minimum atomic E-state index is 0.158. The molecule has 0 atom stereocenters. The number of hydrogen-bond acceptors (Lipinski definition) is 4. The number of rotatable bonds is 9. The van der Waals surface area contributed by atoms with Gasteiger partial charge >= 0.3 is 0 Å². The van der Waals surface area contributed by atoms with Crippen molar-refractivity contribution in [1.29, 1.82) is 0 Å². The van der Waals surface area contributed by atoms with E-state index in [1.165, 1.54) is 0 Å². The van der Waals surface area contributed by atoms with Crippen LogP contribution in [0.3, 0.4) is 0 Å². The molecule has 1 aromatic carbocycles. The highest BCUT2D eigenvalue weighted by molar-refractivity contribution is 5.75. The molecule has 0 aromatic heterocycles. The number of carbonyl (C=O) groups excluding carboxylic acids is 1. The van der Waals surface area contributed by atoms with Gasteiger partial charge in [-0.1, -0.05) is 32.0 Å². The van der Waals surface area contributed by atoms with Gasteiger partial charge in [0, 0.05) is 20.0 Å². The van der Waals surface area contributed by atoms with E-state index in [9.17, 15) is 4.79 Å². The molecular weight excluding hydrogens is 316 g/mol. The number of nitrogens with zero attached hydrogens (tertiary/aromatic N) is 1. The molecule has 1 aromatic rings. The van der Waals surface area contributed by atoms with E-state index >= 15 is 0 Å². The monoisotopic (exact) mass is 350 g/mol. The van der Waals surface area contributed by atoms with Crippen LogP contribution >= 0.6 is 0 Å². The fourth-order valence-electron chi connectivity index (χ4n) is 2.81. The Balaban J connectivity index is 0.00000151. The quantitative estimate of drug-likeness (QED) is 0.696. The summed E-state index contributed by atoms with van der Waals surface area (Å²) in [5.41, 5.74) is 0. The first-order chi connectivity index (χ1) is 12.3. The molecule has 25 heavy (non-hydrogen) atoms. The summed E-state index contributed by atoms with van der Waals surface area (Å²) in [6, 6.07) is 9.79. The average molecular weight is 351 g/mol. The summed E-state index contributed by atoms with van der Waals surface area (Å²) in [4.78, 5) is 13.8. The van der Waals surface area contributed by atoms with E-state index in [0.29, 0.717) is 25.6 Å². The minimum absolute atomic E-state index is 0.158. The van der Waals surface area contributed by atoms with Gasteiger partial charge in [-0.15, -0.1) is 0 Å². The molecule has 1 aliphatic rings. The Morgan fingerprint density at radius 1 is 1.12 bits per heavy atom. The zero-order valence-corrected chi connectivity index (χ0v) is 16.0. The lowest BCUT2D eigenvalue weighted by atomic mass is 9.93. The van der Waals surface area contributed by atoms with Crippen LogP contribution in [0, 0.1) is 5.92 Å². The van der Waals surface area contributed by atoms with Crippen LogP contribution in [-0.2, 0) is 9.53 Å². The summed E-state index contributed by atoms with van der Waals surface area (Å²) in [6.07, 6.45) is 2.87. The predicted molar refractivity (Wildman–Crippen MR) is 102 cm³/mol. The Kier molecular flexibility index (Phi) is 11.7. The number of amides is 1. The number of hydrogen-bond donors (Lipinski definition) is 1.